The van der Waals surface area contributed by atoms with Crippen LogP contribution in [0.15, 0.2) is 24.3 Å². The van der Waals surface area contributed by atoms with Gasteiger partial charge in [-0.3, -0.25) is 4.79 Å². The number of carbonyl (C=O) groups is 1. The van der Waals surface area contributed by atoms with Gasteiger partial charge in [0.05, 0.1) is 12.2 Å². The van der Waals surface area contributed by atoms with Gasteiger partial charge >= 0.3 is 0 Å². The quantitative estimate of drug-likeness (QED) is 0.787. The second kappa shape index (κ2) is 6.91. The number of nitrogens with two attached hydrogens (primary N) is 1. The lowest BCUT2D eigenvalue weighted by Crippen LogP contribution is -2.29. The molecule has 0 spiro atoms. The van der Waals surface area contributed by atoms with Crippen molar-refractivity contribution < 1.29 is 9.53 Å². The first kappa shape index (κ1) is 13.5. The molecule has 4 heteroatoms. The molecule has 0 radical (unpaired) electrons. The number of hydrogen-bond donors (Lipinski definition) is 2. The minimum Gasteiger partial charge on any atom is -0.493 e. The molecule has 1 rings (SSSR count). The lowest BCUT2D eigenvalue weighted by Gasteiger charge is -2.11. The molecule has 0 aliphatic heterocycles. The van der Waals surface area contributed by atoms with Crippen molar-refractivity contribution >= 4 is 5.91 Å². The van der Waals surface area contributed by atoms with E-state index in [0.29, 0.717) is 24.5 Å². The number of ether oxygens (including phenoxy) is 1. The molecular weight excluding hydrogens is 216 g/mol. The molecule has 4 nitrogen and oxygen atoms in total. The molecule has 0 aromatic heterocycles. The number of carbonyl (C=O) groups excluding carboxylic acids is 1. The molecule has 1 atom stereocenters. The van der Waals surface area contributed by atoms with Crippen LogP contribution in [-0.2, 0) is 0 Å². The van der Waals surface area contributed by atoms with Crippen LogP contribution < -0.4 is 15.8 Å². The molecule has 0 saturated heterocycles. The molecule has 1 aromatic carbocycles. The zero-order valence-electron chi connectivity index (χ0n) is 10.4. The molecule has 3 N–H and O–H groups in total. The third-order valence-electron chi connectivity index (χ3n) is 2.32. The Hall–Kier alpha value is -1.55. The SMILES string of the molecule is CCOc1ccccc1C(=O)NCCC(C)N. The molecule has 0 heterocycles. The highest BCUT2D eigenvalue weighted by molar-refractivity contribution is 5.96. The Morgan fingerprint density at radius 1 is 1.47 bits per heavy atom. The smallest absolute Gasteiger partial charge is 0.255 e. The average molecular weight is 236 g/mol. The van der Waals surface area contributed by atoms with Crippen molar-refractivity contribution in [3.05, 3.63) is 29.8 Å². The van der Waals surface area contributed by atoms with Crippen LogP contribution in [0.25, 0.3) is 0 Å². The highest BCUT2D eigenvalue weighted by atomic mass is 16.5. The standard InChI is InChI=1S/C13H20N2O2/c1-3-17-12-7-5-4-6-11(12)13(16)15-9-8-10(2)14/h4-7,10H,3,8-9,14H2,1-2H3,(H,15,16). The van der Waals surface area contributed by atoms with Crippen LogP contribution in [0.3, 0.4) is 0 Å². The Morgan fingerprint density at radius 2 is 2.18 bits per heavy atom. The minimum atomic E-state index is -0.116. The normalized spacial score (nSPS) is 11.9. The third-order valence-corrected chi connectivity index (χ3v) is 2.32. The summed E-state index contributed by atoms with van der Waals surface area (Å²) in [5.41, 5.74) is 6.19. The maximum absolute atomic E-state index is 11.9. The van der Waals surface area contributed by atoms with Gasteiger partial charge in [0.2, 0.25) is 0 Å². The first-order valence-electron chi connectivity index (χ1n) is 5.90. The van der Waals surface area contributed by atoms with Gasteiger partial charge in [-0.15, -0.1) is 0 Å². The molecule has 0 saturated carbocycles. The van der Waals surface area contributed by atoms with Gasteiger partial charge in [0.25, 0.3) is 5.91 Å². The van der Waals surface area contributed by atoms with E-state index < -0.39 is 0 Å². The van der Waals surface area contributed by atoms with E-state index in [1.165, 1.54) is 0 Å². The number of hydrogen-bond acceptors (Lipinski definition) is 3. The summed E-state index contributed by atoms with van der Waals surface area (Å²) in [5.74, 6) is 0.503. The number of para-hydroxylation sites is 1. The second-order valence-electron chi connectivity index (χ2n) is 3.95. The van der Waals surface area contributed by atoms with E-state index in [0.717, 1.165) is 6.42 Å². The molecular formula is C13H20N2O2. The fraction of sp³-hybridized carbons (Fsp3) is 0.462. The largest absolute Gasteiger partial charge is 0.493 e. The van der Waals surface area contributed by atoms with Gasteiger partial charge in [-0.1, -0.05) is 12.1 Å². The van der Waals surface area contributed by atoms with Gasteiger partial charge in [0, 0.05) is 12.6 Å². The van der Waals surface area contributed by atoms with Gasteiger partial charge in [-0.2, -0.15) is 0 Å². The Balaban J connectivity index is 2.61. The first-order chi connectivity index (χ1) is 8.15. The van der Waals surface area contributed by atoms with Crippen molar-refractivity contribution in [2.24, 2.45) is 5.73 Å². The summed E-state index contributed by atoms with van der Waals surface area (Å²) in [6.07, 6.45) is 0.766. The van der Waals surface area contributed by atoms with Crippen LogP contribution >= 0.6 is 0 Å². The van der Waals surface area contributed by atoms with E-state index in [4.69, 9.17) is 10.5 Å². The van der Waals surface area contributed by atoms with E-state index >= 15 is 0 Å². The van der Waals surface area contributed by atoms with Crippen molar-refractivity contribution in [2.45, 2.75) is 26.3 Å². The highest BCUT2D eigenvalue weighted by Crippen LogP contribution is 2.17. The monoisotopic (exact) mass is 236 g/mol. The summed E-state index contributed by atoms with van der Waals surface area (Å²) in [6, 6.07) is 7.32. The Bertz CT molecular complexity index is 364. The van der Waals surface area contributed by atoms with Crippen molar-refractivity contribution in [2.75, 3.05) is 13.2 Å². The van der Waals surface area contributed by atoms with Crippen molar-refractivity contribution in [3.63, 3.8) is 0 Å². The topological polar surface area (TPSA) is 64.3 Å². The molecule has 0 aliphatic rings. The van der Waals surface area contributed by atoms with Crippen molar-refractivity contribution in [1.82, 2.24) is 5.32 Å². The van der Waals surface area contributed by atoms with E-state index in [2.05, 4.69) is 5.32 Å². The summed E-state index contributed by atoms with van der Waals surface area (Å²) in [4.78, 5) is 11.9. The van der Waals surface area contributed by atoms with E-state index in [1.807, 2.05) is 26.0 Å². The van der Waals surface area contributed by atoms with E-state index in [-0.39, 0.29) is 11.9 Å². The fourth-order valence-electron chi connectivity index (χ4n) is 1.44. The van der Waals surface area contributed by atoms with Gasteiger partial charge < -0.3 is 15.8 Å². The molecule has 0 bridgehead atoms. The predicted molar refractivity (Wildman–Crippen MR) is 68.2 cm³/mol. The summed E-state index contributed by atoms with van der Waals surface area (Å²) in [7, 11) is 0. The van der Waals surface area contributed by atoms with E-state index in [1.54, 1.807) is 12.1 Å². The van der Waals surface area contributed by atoms with Gasteiger partial charge in [-0.05, 0) is 32.4 Å². The number of nitrogens with one attached hydrogen (secondary N) is 1. The van der Waals surface area contributed by atoms with E-state index in [9.17, 15) is 4.79 Å². The first-order valence-corrected chi connectivity index (χ1v) is 5.90. The van der Waals surface area contributed by atoms with Gasteiger partial charge in [0.15, 0.2) is 0 Å². The Morgan fingerprint density at radius 3 is 2.82 bits per heavy atom. The molecule has 1 amide bonds. The zero-order valence-corrected chi connectivity index (χ0v) is 10.4. The summed E-state index contributed by atoms with van der Waals surface area (Å²) in [5, 5.41) is 2.83. The molecule has 1 aromatic rings. The highest BCUT2D eigenvalue weighted by Gasteiger charge is 2.10. The molecule has 0 fully saturated rings. The van der Waals surface area contributed by atoms with Crippen molar-refractivity contribution in [3.8, 4) is 5.75 Å². The Labute approximate surface area is 102 Å². The van der Waals surface area contributed by atoms with Gasteiger partial charge in [0.1, 0.15) is 5.75 Å². The maximum atomic E-state index is 11.9. The predicted octanol–water partition coefficient (Wildman–Crippen LogP) is 1.55. The minimum absolute atomic E-state index is 0.0948. The molecule has 1 unspecified atom stereocenters. The molecule has 0 aliphatic carbocycles. The summed E-state index contributed by atoms with van der Waals surface area (Å²) < 4.78 is 5.40. The number of benzene rings is 1. The Kier molecular flexibility index (Phi) is 5.49. The summed E-state index contributed by atoms with van der Waals surface area (Å²) >= 11 is 0. The average Bonchev–Trinajstić information content (AvgIpc) is 2.29. The van der Waals surface area contributed by atoms with Crippen LogP contribution in [0.5, 0.6) is 5.75 Å². The maximum Gasteiger partial charge on any atom is 0.255 e. The van der Waals surface area contributed by atoms with Crippen molar-refractivity contribution in [1.29, 1.82) is 0 Å². The van der Waals surface area contributed by atoms with Crippen LogP contribution in [0.1, 0.15) is 30.6 Å². The third kappa shape index (κ3) is 4.44. The zero-order chi connectivity index (χ0) is 12.7. The lowest BCUT2D eigenvalue weighted by atomic mass is 10.2. The fourth-order valence-corrected chi connectivity index (χ4v) is 1.44. The van der Waals surface area contributed by atoms with Crippen LogP contribution in [-0.4, -0.2) is 25.1 Å². The van der Waals surface area contributed by atoms with Crippen LogP contribution in [0.2, 0.25) is 0 Å². The van der Waals surface area contributed by atoms with Gasteiger partial charge in [-0.25, -0.2) is 0 Å². The number of rotatable bonds is 6. The molecule has 94 valence electrons. The lowest BCUT2D eigenvalue weighted by molar-refractivity contribution is 0.0949. The summed E-state index contributed by atoms with van der Waals surface area (Å²) in [6.45, 7) is 4.94. The molecule has 17 heavy (non-hydrogen) atoms. The number of amides is 1. The van der Waals surface area contributed by atoms with Crippen LogP contribution in [0.4, 0.5) is 0 Å². The van der Waals surface area contributed by atoms with Crippen LogP contribution in [0, 0.1) is 0 Å². The second-order valence-corrected chi connectivity index (χ2v) is 3.95.